The van der Waals surface area contributed by atoms with Crippen LogP contribution in [0, 0.1) is 5.92 Å². The van der Waals surface area contributed by atoms with Gasteiger partial charge in [0, 0.05) is 25.4 Å². The third-order valence-electron chi connectivity index (χ3n) is 3.86. The van der Waals surface area contributed by atoms with Crippen LogP contribution in [0.15, 0.2) is 12.5 Å². The van der Waals surface area contributed by atoms with Crippen molar-refractivity contribution in [3.05, 3.63) is 18.2 Å². The standard InChI is InChI=1S/C14H22N4O2/c15-6-5-14(20)18-11-3-1-10(2-4-11)7-13(19)12-8-16-9-17-12/h8-11H,1-7,15H2,(H,16,17)(H,18,20). The molecule has 1 aromatic rings. The summed E-state index contributed by atoms with van der Waals surface area (Å²) in [7, 11) is 0. The predicted octanol–water partition coefficient (Wildman–Crippen LogP) is 1.01. The number of nitrogens with zero attached hydrogens (tertiary/aromatic N) is 1. The van der Waals surface area contributed by atoms with Gasteiger partial charge in [-0.05, 0) is 31.6 Å². The predicted molar refractivity (Wildman–Crippen MR) is 75.1 cm³/mol. The quantitative estimate of drug-likeness (QED) is 0.676. The molecule has 1 fully saturated rings. The van der Waals surface area contributed by atoms with Gasteiger partial charge in [-0.1, -0.05) is 0 Å². The molecule has 0 radical (unpaired) electrons. The molecule has 0 spiro atoms. The first kappa shape index (κ1) is 14.7. The topological polar surface area (TPSA) is 101 Å². The molecule has 1 aliphatic rings. The van der Waals surface area contributed by atoms with Crippen molar-refractivity contribution in [2.45, 2.75) is 44.6 Å². The fourth-order valence-electron chi connectivity index (χ4n) is 2.72. The lowest BCUT2D eigenvalue weighted by Gasteiger charge is -2.28. The molecule has 4 N–H and O–H groups in total. The summed E-state index contributed by atoms with van der Waals surface area (Å²) in [6, 6.07) is 0.243. The fourth-order valence-corrected chi connectivity index (χ4v) is 2.72. The van der Waals surface area contributed by atoms with E-state index in [2.05, 4.69) is 15.3 Å². The summed E-state index contributed by atoms with van der Waals surface area (Å²) in [5, 5.41) is 3.00. The van der Waals surface area contributed by atoms with Crippen molar-refractivity contribution in [1.29, 1.82) is 0 Å². The van der Waals surface area contributed by atoms with Crippen LogP contribution in [-0.4, -0.2) is 34.2 Å². The van der Waals surface area contributed by atoms with Gasteiger partial charge in [-0.2, -0.15) is 0 Å². The summed E-state index contributed by atoms with van der Waals surface area (Å²) in [6.45, 7) is 0.389. The van der Waals surface area contributed by atoms with Gasteiger partial charge in [-0.25, -0.2) is 4.98 Å². The molecule has 1 amide bonds. The average Bonchev–Trinajstić information content (AvgIpc) is 2.95. The fraction of sp³-hybridized carbons (Fsp3) is 0.643. The van der Waals surface area contributed by atoms with Crippen molar-refractivity contribution in [3.63, 3.8) is 0 Å². The number of nitrogens with two attached hydrogens (primary N) is 1. The monoisotopic (exact) mass is 278 g/mol. The highest BCUT2D eigenvalue weighted by Crippen LogP contribution is 2.27. The second-order valence-corrected chi connectivity index (χ2v) is 5.42. The minimum Gasteiger partial charge on any atom is -0.353 e. The van der Waals surface area contributed by atoms with Crippen molar-refractivity contribution in [1.82, 2.24) is 15.3 Å². The number of rotatable bonds is 6. The van der Waals surface area contributed by atoms with E-state index in [9.17, 15) is 9.59 Å². The summed E-state index contributed by atoms with van der Waals surface area (Å²) in [6.07, 6.45) is 7.89. The molecule has 110 valence electrons. The highest BCUT2D eigenvalue weighted by molar-refractivity contribution is 5.94. The molecule has 2 rings (SSSR count). The largest absolute Gasteiger partial charge is 0.353 e. The summed E-state index contributed by atoms with van der Waals surface area (Å²) >= 11 is 0. The minimum absolute atomic E-state index is 0.0319. The molecule has 6 heteroatoms. The third kappa shape index (κ3) is 4.16. The van der Waals surface area contributed by atoms with Gasteiger partial charge in [0.2, 0.25) is 5.91 Å². The Morgan fingerprint density at radius 1 is 1.35 bits per heavy atom. The van der Waals surface area contributed by atoms with Crippen molar-refractivity contribution in [2.75, 3.05) is 6.54 Å². The Hall–Kier alpha value is -1.69. The van der Waals surface area contributed by atoms with E-state index in [0.717, 1.165) is 25.7 Å². The van der Waals surface area contributed by atoms with E-state index in [1.54, 1.807) is 6.20 Å². The number of aromatic nitrogens is 2. The lowest BCUT2D eigenvalue weighted by atomic mass is 9.83. The van der Waals surface area contributed by atoms with Crippen molar-refractivity contribution >= 4 is 11.7 Å². The van der Waals surface area contributed by atoms with Gasteiger partial charge >= 0.3 is 0 Å². The molecule has 6 nitrogen and oxygen atoms in total. The molecular formula is C14H22N4O2. The minimum atomic E-state index is 0.0319. The van der Waals surface area contributed by atoms with Crippen LogP contribution in [0.2, 0.25) is 0 Å². The van der Waals surface area contributed by atoms with Gasteiger partial charge in [0.15, 0.2) is 5.78 Å². The van der Waals surface area contributed by atoms with E-state index in [0.29, 0.717) is 31.0 Å². The number of ketones is 1. The molecule has 1 saturated carbocycles. The summed E-state index contributed by atoms with van der Waals surface area (Å²) < 4.78 is 0. The highest BCUT2D eigenvalue weighted by Gasteiger charge is 2.24. The van der Waals surface area contributed by atoms with Crippen LogP contribution in [0.3, 0.4) is 0 Å². The molecule has 1 aromatic heterocycles. The van der Waals surface area contributed by atoms with Crippen LogP contribution < -0.4 is 11.1 Å². The van der Waals surface area contributed by atoms with Crippen LogP contribution in [0.25, 0.3) is 0 Å². The van der Waals surface area contributed by atoms with Crippen LogP contribution >= 0.6 is 0 Å². The molecule has 0 saturated heterocycles. The number of nitrogens with one attached hydrogen (secondary N) is 2. The smallest absolute Gasteiger partial charge is 0.221 e. The molecule has 0 atom stereocenters. The zero-order valence-corrected chi connectivity index (χ0v) is 11.6. The van der Waals surface area contributed by atoms with E-state index >= 15 is 0 Å². The number of carbonyl (C=O) groups excluding carboxylic acids is 2. The van der Waals surface area contributed by atoms with E-state index in [-0.39, 0.29) is 17.7 Å². The maximum absolute atomic E-state index is 12.0. The molecule has 0 unspecified atom stereocenters. The van der Waals surface area contributed by atoms with E-state index < -0.39 is 0 Å². The SMILES string of the molecule is NCCC(=O)NC1CCC(CC(=O)c2cnc[nH]2)CC1. The molecule has 0 aromatic carbocycles. The highest BCUT2D eigenvalue weighted by atomic mass is 16.1. The lowest BCUT2D eigenvalue weighted by molar-refractivity contribution is -0.121. The number of imidazole rings is 1. The van der Waals surface area contributed by atoms with Crippen molar-refractivity contribution in [2.24, 2.45) is 11.7 Å². The van der Waals surface area contributed by atoms with Gasteiger partial charge in [0.25, 0.3) is 0 Å². The summed E-state index contributed by atoms with van der Waals surface area (Å²) in [5.41, 5.74) is 5.94. The zero-order valence-electron chi connectivity index (χ0n) is 11.6. The van der Waals surface area contributed by atoms with Crippen LogP contribution in [0.4, 0.5) is 0 Å². The Kier molecular flexibility index (Phi) is 5.29. The van der Waals surface area contributed by atoms with Crippen LogP contribution in [0.1, 0.15) is 49.0 Å². The normalized spacial score (nSPS) is 22.4. The van der Waals surface area contributed by atoms with Crippen molar-refractivity contribution < 1.29 is 9.59 Å². The summed E-state index contributed by atoms with van der Waals surface area (Å²) in [5.74, 6) is 0.566. The van der Waals surface area contributed by atoms with Gasteiger partial charge in [0.1, 0.15) is 5.69 Å². The maximum atomic E-state index is 12.0. The Morgan fingerprint density at radius 3 is 2.70 bits per heavy atom. The third-order valence-corrected chi connectivity index (χ3v) is 3.86. The molecule has 0 aliphatic heterocycles. The maximum Gasteiger partial charge on any atom is 0.221 e. The number of amides is 1. The molecule has 0 bridgehead atoms. The zero-order chi connectivity index (χ0) is 14.4. The first-order chi connectivity index (χ1) is 9.69. The van der Waals surface area contributed by atoms with Crippen molar-refractivity contribution in [3.8, 4) is 0 Å². The van der Waals surface area contributed by atoms with E-state index in [4.69, 9.17) is 5.73 Å². The molecular weight excluding hydrogens is 256 g/mol. The number of H-pyrrole nitrogens is 1. The molecule has 1 heterocycles. The van der Waals surface area contributed by atoms with E-state index in [1.165, 1.54) is 6.33 Å². The number of Topliss-reactive ketones (excluding diaryl/α,β-unsaturated/α-hetero) is 1. The van der Waals surface area contributed by atoms with Gasteiger partial charge < -0.3 is 16.0 Å². The average molecular weight is 278 g/mol. The Bertz CT molecular complexity index is 436. The van der Waals surface area contributed by atoms with Gasteiger partial charge in [0.05, 0.1) is 12.5 Å². The number of carbonyl (C=O) groups is 2. The molecule has 20 heavy (non-hydrogen) atoms. The van der Waals surface area contributed by atoms with Gasteiger partial charge in [-0.3, -0.25) is 9.59 Å². The first-order valence-electron chi connectivity index (χ1n) is 7.20. The van der Waals surface area contributed by atoms with Crippen LogP contribution in [0.5, 0.6) is 0 Å². The number of hydrogen-bond donors (Lipinski definition) is 3. The molecule has 1 aliphatic carbocycles. The Balaban J connectivity index is 1.71. The Labute approximate surface area is 118 Å². The summed E-state index contributed by atoms with van der Waals surface area (Å²) in [4.78, 5) is 30.1. The van der Waals surface area contributed by atoms with Gasteiger partial charge in [-0.15, -0.1) is 0 Å². The first-order valence-corrected chi connectivity index (χ1v) is 7.20. The lowest BCUT2D eigenvalue weighted by Crippen LogP contribution is -2.38. The number of hydrogen-bond acceptors (Lipinski definition) is 4. The second kappa shape index (κ2) is 7.19. The van der Waals surface area contributed by atoms with Crippen LogP contribution in [-0.2, 0) is 4.79 Å². The number of aromatic amines is 1. The van der Waals surface area contributed by atoms with E-state index in [1.807, 2.05) is 0 Å². The Morgan fingerprint density at radius 2 is 2.10 bits per heavy atom. The second-order valence-electron chi connectivity index (χ2n) is 5.42.